The fourth-order valence-electron chi connectivity index (χ4n) is 2.91. The second kappa shape index (κ2) is 5.13. The minimum Gasteiger partial charge on any atom is -0.371 e. The zero-order chi connectivity index (χ0) is 10.6. The van der Waals surface area contributed by atoms with Crippen LogP contribution >= 0.6 is 0 Å². The van der Waals surface area contributed by atoms with E-state index in [-0.39, 0.29) is 0 Å². The van der Waals surface area contributed by atoms with Gasteiger partial charge in [-0.15, -0.1) is 0 Å². The van der Waals surface area contributed by atoms with E-state index in [1.165, 1.54) is 38.5 Å². The summed E-state index contributed by atoms with van der Waals surface area (Å²) in [6.45, 7) is 0.756. The molecule has 0 radical (unpaired) electrons. The van der Waals surface area contributed by atoms with Gasteiger partial charge in [-0.3, -0.25) is 0 Å². The van der Waals surface area contributed by atoms with Crippen LogP contribution in [0.3, 0.4) is 0 Å². The molecule has 2 rings (SSSR count). The highest BCUT2D eigenvalue weighted by atomic mass is 16.5. The molecule has 86 valence electrons. The third kappa shape index (κ3) is 2.82. The van der Waals surface area contributed by atoms with Crippen molar-refractivity contribution in [2.24, 2.45) is 5.73 Å². The monoisotopic (exact) mass is 209 g/mol. The number of hydrogen-bond donors (Lipinski definition) is 1. The van der Waals surface area contributed by atoms with Gasteiger partial charge in [0.2, 0.25) is 0 Å². The standard InChI is InChI=1S/C13H23NO/c14-11-5-1-2-6-12-7-10-13(15-12)8-3-4-9-13/h1-2,12H,3-11,14H2/b2-1+. The third-order valence-electron chi connectivity index (χ3n) is 3.75. The molecule has 0 aromatic heterocycles. The zero-order valence-corrected chi connectivity index (χ0v) is 9.58. The van der Waals surface area contributed by atoms with Crippen molar-refractivity contribution in [3.05, 3.63) is 12.2 Å². The lowest BCUT2D eigenvalue weighted by molar-refractivity contribution is -0.0345. The van der Waals surface area contributed by atoms with Crippen LogP contribution in [0.4, 0.5) is 0 Å². The first-order chi connectivity index (χ1) is 7.35. The Morgan fingerprint density at radius 2 is 2.00 bits per heavy atom. The minimum absolute atomic E-state index is 0.298. The average molecular weight is 209 g/mol. The highest BCUT2D eigenvalue weighted by molar-refractivity contribution is 4.95. The smallest absolute Gasteiger partial charge is 0.0687 e. The Labute approximate surface area is 92.9 Å². The van der Waals surface area contributed by atoms with E-state index >= 15 is 0 Å². The van der Waals surface area contributed by atoms with Gasteiger partial charge in [0.25, 0.3) is 0 Å². The Kier molecular flexibility index (Phi) is 3.81. The second-order valence-corrected chi connectivity index (χ2v) is 4.95. The van der Waals surface area contributed by atoms with Crippen LogP contribution in [0.15, 0.2) is 12.2 Å². The third-order valence-corrected chi connectivity index (χ3v) is 3.75. The first kappa shape index (κ1) is 11.2. The molecule has 2 N–H and O–H groups in total. The van der Waals surface area contributed by atoms with Crippen LogP contribution in [0.25, 0.3) is 0 Å². The molecule has 1 heterocycles. The lowest BCUT2D eigenvalue weighted by atomic mass is 9.98. The molecule has 0 aromatic carbocycles. The quantitative estimate of drug-likeness (QED) is 0.723. The van der Waals surface area contributed by atoms with E-state index in [9.17, 15) is 0 Å². The van der Waals surface area contributed by atoms with Crippen LogP contribution in [0, 0.1) is 0 Å². The van der Waals surface area contributed by atoms with Gasteiger partial charge in [0, 0.05) is 0 Å². The number of nitrogens with two attached hydrogens (primary N) is 1. The summed E-state index contributed by atoms with van der Waals surface area (Å²) in [5.74, 6) is 0. The van der Waals surface area contributed by atoms with Gasteiger partial charge in [-0.25, -0.2) is 0 Å². The van der Waals surface area contributed by atoms with E-state index in [1.807, 2.05) is 0 Å². The van der Waals surface area contributed by atoms with Crippen LogP contribution in [0.5, 0.6) is 0 Å². The van der Waals surface area contributed by atoms with E-state index in [2.05, 4.69) is 12.2 Å². The Morgan fingerprint density at radius 3 is 2.73 bits per heavy atom. The Balaban J connectivity index is 1.73. The molecule has 15 heavy (non-hydrogen) atoms. The minimum atomic E-state index is 0.298. The fourth-order valence-corrected chi connectivity index (χ4v) is 2.91. The fraction of sp³-hybridized carbons (Fsp3) is 0.846. The van der Waals surface area contributed by atoms with Crippen LogP contribution in [-0.2, 0) is 4.74 Å². The Hall–Kier alpha value is -0.340. The molecule has 1 spiro atoms. The van der Waals surface area contributed by atoms with Gasteiger partial charge in [0.15, 0.2) is 0 Å². The summed E-state index contributed by atoms with van der Waals surface area (Å²) >= 11 is 0. The van der Waals surface area contributed by atoms with E-state index in [1.54, 1.807) is 0 Å². The summed E-state index contributed by atoms with van der Waals surface area (Å²) in [6.07, 6.45) is 14.9. The van der Waals surface area contributed by atoms with Crippen LogP contribution < -0.4 is 5.73 Å². The number of hydrogen-bond acceptors (Lipinski definition) is 2. The predicted molar refractivity (Wildman–Crippen MR) is 62.7 cm³/mol. The van der Waals surface area contributed by atoms with Crippen molar-refractivity contribution in [2.45, 2.75) is 63.1 Å². The molecule has 2 aliphatic rings. The molecule has 1 unspecified atom stereocenters. The number of ether oxygens (including phenoxy) is 1. The lowest BCUT2D eigenvalue weighted by Gasteiger charge is -2.23. The van der Waals surface area contributed by atoms with Crippen molar-refractivity contribution in [3.8, 4) is 0 Å². The molecule has 2 nitrogen and oxygen atoms in total. The van der Waals surface area contributed by atoms with Crippen molar-refractivity contribution in [1.29, 1.82) is 0 Å². The van der Waals surface area contributed by atoms with Gasteiger partial charge >= 0.3 is 0 Å². The van der Waals surface area contributed by atoms with Crippen molar-refractivity contribution in [3.63, 3.8) is 0 Å². The largest absolute Gasteiger partial charge is 0.371 e. The van der Waals surface area contributed by atoms with Gasteiger partial charge in [-0.2, -0.15) is 0 Å². The summed E-state index contributed by atoms with van der Waals surface area (Å²) in [5, 5.41) is 0. The SMILES string of the molecule is NCC/C=C/CC1CCC2(CCCC2)O1. The van der Waals surface area contributed by atoms with Crippen LogP contribution in [0.1, 0.15) is 51.4 Å². The molecular weight excluding hydrogens is 186 g/mol. The van der Waals surface area contributed by atoms with Gasteiger partial charge in [0.1, 0.15) is 0 Å². The summed E-state index contributed by atoms with van der Waals surface area (Å²) in [7, 11) is 0. The molecule has 0 aromatic rings. The van der Waals surface area contributed by atoms with Crippen molar-refractivity contribution in [1.82, 2.24) is 0 Å². The molecule has 1 atom stereocenters. The van der Waals surface area contributed by atoms with E-state index in [0.717, 1.165) is 19.4 Å². The Bertz CT molecular complexity index is 219. The van der Waals surface area contributed by atoms with E-state index in [4.69, 9.17) is 10.5 Å². The molecule has 1 saturated heterocycles. The summed E-state index contributed by atoms with van der Waals surface area (Å²) in [6, 6.07) is 0. The summed E-state index contributed by atoms with van der Waals surface area (Å²) < 4.78 is 6.21. The summed E-state index contributed by atoms with van der Waals surface area (Å²) in [4.78, 5) is 0. The Morgan fingerprint density at radius 1 is 1.20 bits per heavy atom. The molecule has 1 aliphatic carbocycles. The average Bonchev–Trinajstić information content (AvgIpc) is 2.85. The molecule has 2 heteroatoms. The summed E-state index contributed by atoms with van der Waals surface area (Å²) in [5.41, 5.74) is 5.73. The van der Waals surface area contributed by atoms with Gasteiger partial charge in [0.05, 0.1) is 11.7 Å². The van der Waals surface area contributed by atoms with Crippen molar-refractivity contribution < 1.29 is 4.74 Å². The van der Waals surface area contributed by atoms with E-state index in [0.29, 0.717) is 11.7 Å². The number of rotatable bonds is 4. The molecule has 0 amide bonds. The van der Waals surface area contributed by atoms with Gasteiger partial charge < -0.3 is 10.5 Å². The zero-order valence-electron chi connectivity index (χ0n) is 9.58. The topological polar surface area (TPSA) is 35.2 Å². The normalized spacial score (nSPS) is 29.5. The maximum atomic E-state index is 6.21. The van der Waals surface area contributed by atoms with Crippen LogP contribution in [-0.4, -0.2) is 18.2 Å². The highest BCUT2D eigenvalue weighted by Crippen LogP contribution is 2.43. The van der Waals surface area contributed by atoms with E-state index < -0.39 is 0 Å². The molecule has 0 bridgehead atoms. The lowest BCUT2D eigenvalue weighted by Crippen LogP contribution is -2.24. The first-order valence-electron chi connectivity index (χ1n) is 6.38. The molecule has 2 fully saturated rings. The second-order valence-electron chi connectivity index (χ2n) is 4.95. The maximum Gasteiger partial charge on any atom is 0.0687 e. The van der Waals surface area contributed by atoms with Crippen molar-refractivity contribution >= 4 is 0 Å². The first-order valence-corrected chi connectivity index (χ1v) is 6.38. The highest BCUT2D eigenvalue weighted by Gasteiger charge is 2.41. The van der Waals surface area contributed by atoms with Crippen LogP contribution in [0.2, 0.25) is 0 Å². The molecular formula is C13H23NO. The van der Waals surface area contributed by atoms with Gasteiger partial charge in [-0.05, 0) is 45.1 Å². The van der Waals surface area contributed by atoms with Gasteiger partial charge in [-0.1, -0.05) is 25.0 Å². The van der Waals surface area contributed by atoms with Crippen molar-refractivity contribution in [2.75, 3.05) is 6.54 Å². The predicted octanol–water partition coefficient (Wildman–Crippen LogP) is 2.77. The molecule has 1 saturated carbocycles. The molecule has 1 aliphatic heterocycles. The maximum absolute atomic E-state index is 6.21.